The number of carbonyl (C=O) groups is 2. The van der Waals surface area contributed by atoms with Gasteiger partial charge in [-0.25, -0.2) is 4.98 Å². The number of hydrogen-bond acceptors (Lipinski definition) is 7. The number of primary amides is 1. The molecule has 3 N–H and O–H groups in total. The van der Waals surface area contributed by atoms with E-state index in [-0.39, 0.29) is 12.1 Å². The maximum Gasteiger partial charge on any atom is 0.433 e. The fourth-order valence-electron chi connectivity index (χ4n) is 2.30. The molecule has 2 aromatic heterocycles. The van der Waals surface area contributed by atoms with E-state index < -0.39 is 70.9 Å². The number of carbonyl (C=O) groups excluding carboxylic acids is 2. The van der Waals surface area contributed by atoms with Gasteiger partial charge in [-0.15, -0.1) is 11.3 Å². The number of rotatable bonds is 5. The van der Waals surface area contributed by atoms with Crippen molar-refractivity contribution < 1.29 is 49.5 Å². The van der Waals surface area contributed by atoms with Crippen molar-refractivity contribution in [1.29, 1.82) is 0 Å². The summed E-state index contributed by atoms with van der Waals surface area (Å²) in [4.78, 5) is 27.0. The van der Waals surface area contributed by atoms with Crippen LogP contribution in [0, 0.1) is 0 Å². The van der Waals surface area contributed by atoms with Crippen molar-refractivity contribution >= 4 is 38.2 Å². The van der Waals surface area contributed by atoms with Crippen LogP contribution >= 0.6 is 11.3 Å². The number of pyridine rings is 1. The quantitative estimate of drug-likeness (QED) is 0.601. The molecule has 8 nitrogen and oxygen atoms in total. The molecule has 2 heterocycles. The molecule has 16 heteroatoms. The molecule has 0 spiro atoms. The normalized spacial score (nSPS) is 13.2. The lowest BCUT2D eigenvalue weighted by Gasteiger charge is -2.28. The molecule has 0 aliphatic rings. The summed E-state index contributed by atoms with van der Waals surface area (Å²) in [6.45, 7) is 1.55. The van der Waals surface area contributed by atoms with Gasteiger partial charge in [-0.3, -0.25) is 9.59 Å². The summed E-state index contributed by atoms with van der Waals surface area (Å²) in [6, 6.07) is 0.704. The van der Waals surface area contributed by atoms with Gasteiger partial charge < -0.3 is 10.8 Å². The maximum atomic E-state index is 13.4. The SMILES string of the molecule is CC(C)(O)C(=O)N(c1sccc1C(N)=O)S(=O)(=O)c1nc(C(F)(F)F)ccc1C(F)(F)F. The minimum absolute atomic E-state index is 0.0794. The van der Waals surface area contributed by atoms with E-state index in [1.807, 2.05) is 0 Å². The molecule has 2 rings (SSSR count). The Balaban J connectivity index is 2.95. The third kappa shape index (κ3) is 4.86. The van der Waals surface area contributed by atoms with Gasteiger partial charge in [-0.05, 0) is 37.4 Å². The number of nitrogens with zero attached hydrogens (tertiary/aromatic N) is 2. The van der Waals surface area contributed by atoms with Crippen LogP contribution < -0.4 is 10.0 Å². The van der Waals surface area contributed by atoms with Gasteiger partial charge >= 0.3 is 12.4 Å². The maximum absolute atomic E-state index is 13.4. The first-order chi connectivity index (χ1) is 14.3. The Morgan fingerprint density at radius 3 is 2.06 bits per heavy atom. The van der Waals surface area contributed by atoms with Gasteiger partial charge in [0.25, 0.3) is 21.8 Å². The predicted molar refractivity (Wildman–Crippen MR) is 98.0 cm³/mol. The van der Waals surface area contributed by atoms with E-state index >= 15 is 0 Å². The first-order valence-corrected chi connectivity index (χ1v) is 10.5. The van der Waals surface area contributed by atoms with Crippen molar-refractivity contribution in [2.24, 2.45) is 5.73 Å². The zero-order chi connectivity index (χ0) is 24.9. The zero-order valence-electron chi connectivity index (χ0n) is 15.9. The molecule has 2 aromatic rings. The van der Waals surface area contributed by atoms with Crippen LogP contribution in [0.15, 0.2) is 28.6 Å². The highest BCUT2D eigenvalue weighted by molar-refractivity contribution is 7.93. The minimum atomic E-state index is -5.86. The Kier molecular flexibility index (Phi) is 6.39. The molecule has 0 aliphatic heterocycles. The number of thiophene rings is 1. The summed E-state index contributed by atoms with van der Waals surface area (Å²) in [5.41, 5.74) is -2.18. The van der Waals surface area contributed by atoms with Crippen LogP contribution in [0.1, 0.15) is 35.5 Å². The Morgan fingerprint density at radius 2 is 1.62 bits per heavy atom. The van der Waals surface area contributed by atoms with E-state index in [1.165, 1.54) is 0 Å². The third-order valence-electron chi connectivity index (χ3n) is 3.74. The Hall–Kier alpha value is -2.72. The molecule has 2 amide bonds. The number of amides is 2. The largest absolute Gasteiger partial charge is 0.433 e. The lowest BCUT2D eigenvalue weighted by Crippen LogP contribution is -2.49. The molecule has 0 atom stereocenters. The highest BCUT2D eigenvalue weighted by Crippen LogP contribution is 2.40. The molecule has 0 saturated carbocycles. The third-order valence-corrected chi connectivity index (χ3v) is 6.39. The van der Waals surface area contributed by atoms with Crippen LogP contribution in [0.3, 0.4) is 0 Å². The molecule has 0 radical (unpaired) electrons. The van der Waals surface area contributed by atoms with Gasteiger partial charge in [-0.1, -0.05) is 0 Å². The van der Waals surface area contributed by atoms with E-state index in [4.69, 9.17) is 5.73 Å². The van der Waals surface area contributed by atoms with Crippen molar-refractivity contribution in [2.75, 3.05) is 4.31 Å². The predicted octanol–water partition coefficient (Wildman–Crippen LogP) is 2.77. The summed E-state index contributed by atoms with van der Waals surface area (Å²) in [7, 11) is -5.86. The van der Waals surface area contributed by atoms with E-state index in [9.17, 15) is 49.5 Å². The van der Waals surface area contributed by atoms with Crippen molar-refractivity contribution in [3.63, 3.8) is 0 Å². The van der Waals surface area contributed by atoms with Crippen LogP contribution in [0.5, 0.6) is 0 Å². The summed E-state index contributed by atoms with van der Waals surface area (Å²) < 4.78 is 105. The van der Waals surface area contributed by atoms with Crippen molar-refractivity contribution in [3.05, 3.63) is 40.4 Å². The monoisotopic (exact) mass is 505 g/mol. The average Bonchev–Trinajstić information content (AvgIpc) is 3.08. The van der Waals surface area contributed by atoms with Crippen LogP contribution in [-0.4, -0.2) is 35.9 Å². The van der Waals surface area contributed by atoms with Crippen molar-refractivity contribution in [1.82, 2.24) is 4.98 Å². The fraction of sp³-hybridized carbons (Fsp3) is 0.312. The number of sulfonamides is 1. The summed E-state index contributed by atoms with van der Waals surface area (Å²) >= 11 is 0.358. The molecule has 176 valence electrons. The van der Waals surface area contributed by atoms with Gasteiger partial charge in [0.05, 0.1) is 11.1 Å². The molecule has 0 aromatic carbocycles. The van der Waals surface area contributed by atoms with Crippen LogP contribution in [-0.2, 0) is 27.2 Å². The Bertz CT molecular complexity index is 1170. The lowest BCUT2D eigenvalue weighted by atomic mass is 10.1. The molecular weight excluding hydrogens is 492 g/mol. The number of aliphatic hydroxyl groups is 1. The highest BCUT2D eigenvalue weighted by Gasteiger charge is 2.47. The molecular formula is C16H13F6N3O5S2. The van der Waals surface area contributed by atoms with Gasteiger partial charge in [0, 0.05) is 0 Å². The second-order valence-corrected chi connectivity index (χ2v) is 9.28. The first-order valence-electron chi connectivity index (χ1n) is 8.14. The number of alkyl halides is 6. The fourth-order valence-corrected chi connectivity index (χ4v) is 5.14. The van der Waals surface area contributed by atoms with E-state index in [0.717, 1.165) is 25.3 Å². The van der Waals surface area contributed by atoms with Gasteiger partial charge in [-0.2, -0.15) is 39.1 Å². The van der Waals surface area contributed by atoms with E-state index in [1.54, 1.807) is 0 Å². The number of anilines is 1. The van der Waals surface area contributed by atoms with Crippen molar-refractivity contribution in [2.45, 2.75) is 36.8 Å². The second-order valence-electron chi connectivity index (χ2n) is 6.68. The van der Waals surface area contributed by atoms with Crippen LogP contribution in [0.4, 0.5) is 31.3 Å². The topological polar surface area (TPSA) is 131 Å². The Labute approximate surface area is 180 Å². The average molecular weight is 505 g/mol. The van der Waals surface area contributed by atoms with E-state index in [2.05, 4.69) is 4.98 Å². The molecule has 0 bridgehead atoms. The number of nitrogens with two attached hydrogens (primary N) is 1. The van der Waals surface area contributed by atoms with E-state index in [0.29, 0.717) is 11.3 Å². The highest BCUT2D eigenvalue weighted by atomic mass is 32.2. The summed E-state index contributed by atoms with van der Waals surface area (Å²) in [6.07, 6.45) is -10.8. The Morgan fingerprint density at radius 1 is 1.06 bits per heavy atom. The van der Waals surface area contributed by atoms with Gasteiger partial charge in [0.2, 0.25) is 0 Å². The zero-order valence-corrected chi connectivity index (χ0v) is 17.6. The van der Waals surface area contributed by atoms with Gasteiger partial charge in [0.1, 0.15) is 16.3 Å². The van der Waals surface area contributed by atoms with Crippen LogP contribution in [0.25, 0.3) is 0 Å². The summed E-state index contributed by atoms with van der Waals surface area (Å²) in [5.74, 6) is -3.06. The number of halogens is 6. The molecule has 0 saturated heterocycles. The minimum Gasteiger partial charge on any atom is -0.381 e. The summed E-state index contributed by atoms with van der Waals surface area (Å²) in [5, 5.41) is 8.09. The first kappa shape index (κ1) is 25.5. The van der Waals surface area contributed by atoms with Crippen molar-refractivity contribution in [3.8, 4) is 0 Å². The molecule has 0 fully saturated rings. The van der Waals surface area contributed by atoms with Gasteiger partial charge in [0.15, 0.2) is 5.03 Å². The number of aromatic nitrogens is 1. The smallest absolute Gasteiger partial charge is 0.381 e. The number of hydrogen-bond donors (Lipinski definition) is 2. The molecule has 0 aliphatic carbocycles. The molecule has 32 heavy (non-hydrogen) atoms. The standard InChI is InChI=1S/C16H13F6N3O5S2/c1-14(2,28)13(27)25(12-7(10(23)26)5-6-31-12)32(29,30)11-8(15(17,18)19)3-4-9(24-11)16(20,21)22/h3-6,28H,1-2H3,(H2,23,26). The van der Waals surface area contributed by atoms with Crippen LogP contribution in [0.2, 0.25) is 0 Å². The lowest BCUT2D eigenvalue weighted by molar-refractivity contribution is -0.146. The second kappa shape index (κ2) is 8.00. The molecule has 0 unspecified atom stereocenters.